The van der Waals surface area contributed by atoms with Crippen molar-refractivity contribution in [3.05, 3.63) is 29.3 Å². The summed E-state index contributed by atoms with van der Waals surface area (Å²) in [6.07, 6.45) is -4.84. The molecule has 1 rings (SSSR count). The monoisotopic (exact) mass is 289 g/mol. The van der Waals surface area contributed by atoms with Gasteiger partial charge in [0.15, 0.2) is 5.96 Å². The second-order valence-corrected chi connectivity index (χ2v) is 3.51. The van der Waals surface area contributed by atoms with Crippen molar-refractivity contribution in [2.75, 3.05) is 0 Å². The molecular formula is C10H10F3N5O2. The van der Waals surface area contributed by atoms with Crippen molar-refractivity contribution in [3.8, 4) is 0 Å². The third kappa shape index (κ3) is 3.60. The lowest BCUT2D eigenvalue weighted by Crippen LogP contribution is -2.26. The maximum absolute atomic E-state index is 12.7. The number of carboxylic acid groups (broad SMARTS) is 1. The molecule has 0 fully saturated rings. The fourth-order valence-electron chi connectivity index (χ4n) is 1.37. The quantitative estimate of drug-likeness (QED) is 0.466. The smallest absolute Gasteiger partial charge is 0.417 e. The third-order valence-electron chi connectivity index (χ3n) is 2.04. The Morgan fingerprint density at radius 3 is 2.25 bits per heavy atom. The normalized spacial score (nSPS) is 12.1. The van der Waals surface area contributed by atoms with Gasteiger partial charge in [0, 0.05) is 0 Å². The van der Waals surface area contributed by atoms with Crippen molar-refractivity contribution in [1.29, 1.82) is 0 Å². The molecule has 108 valence electrons. The summed E-state index contributed by atoms with van der Waals surface area (Å²) in [5, 5.41) is 8.91. The predicted octanol–water partition coefficient (Wildman–Crippen LogP) is 0.623. The van der Waals surface area contributed by atoms with Gasteiger partial charge in [-0.2, -0.15) is 18.2 Å². The molecule has 0 aliphatic carbocycles. The number of nitrogens with zero attached hydrogens (tertiary/aromatic N) is 2. The Hall–Kier alpha value is -2.78. The highest BCUT2D eigenvalue weighted by molar-refractivity contribution is 5.98. The number of halogens is 3. The summed E-state index contributed by atoms with van der Waals surface area (Å²) in [5.74, 6) is -2.82. The Morgan fingerprint density at radius 1 is 1.20 bits per heavy atom. The van der Waals surface area contributed by atoms with Crippen molar-refractivity contribution >= 4 is 23.6 Å². The maximum atomic E-state index is 12.7. The van der Waals surface area contributed by atoms with E-state index in [0.29, 0.717) is 6.07 Å². The average molecular weight is 289 g/mol. The van der Waals surface area contributed by atoms with Crippen LogP contribution in [-0.4, -0.2) is 23.0 Å². The van der Waals surface area contributed by atoms with Crippen LogP contribution in [0.2, 0.25) is 0 Å². The molecule has 0 aliphatic heterocycles. The van der Waals surface area contributed by atoms with Crippen LogP contribution >= 0.6 is 0 Å². The lowest BCUT2D eigenvalue weighted by molar-refractivity contribution is -0.138. The van der Waals surface area contributed by atoms with E-state index in [0.717, 1.165) is 12.1 Å². The Morgan fingerprint density at radius 2 is 1.80 bits per heavy atom. The van der Waals surface area contributed by atoms with E-state index in [1.54, 1.807) is 0 Å². The van der Waals surface area contributed by atoms with Crippen LogP contribution in [0.4, 0.5) is 18.9 Å². The van der Waals surface area contributed by atoms with Gasteiger partial charge in [0.05, 0.1) is 16.8 Å². The standard InChI is InChI=1S/C10H10F3N5O2/c11-10(12,13)4-2-1-3-5(6(4)7(19)20)17-9(16)18-8(14)15/h1-3H,(H,19,20)(H6,14,15,16,17,18). The maximum Gasteiger partial charge on any atom is 0.417 e. The minimum absolute atomic E-state index is 0.463. The zero-order valence-corrected chi connectivity index (χ0v) is 9.85. The molecule has 10 heteroatoms. The topological polar surface area (TPSA) is 140 Å². The largest absolute Gasteiger partial charge is 0.478 e. The highest BCUT2D eigenvalue weighted by atomic mass is 19.4. The SMILES string of the molecule is NC(N)=NC(N)=Nc1cccc(C(F)(F)F)c1C(=O)O. The summed E-state index contributed by atoms with van der Waals surface area (Å²) < 4.78 is 38.2. The molecule has 7 N–H and O–H groups in total. The summed E-state index contributed by atoms with van der Waals surface area (Å²) in [6.45, 7) is 0. The van der Waals surface area contributed by atoms with E-state index < -0.39 is 40.9 Å². The third-order valence-corrected chi connectivity index (χ3v) is 2.04. The molecule has 0 radical (unpaired) electrons. The molecular weight excluding hydrogens is 279 g/mol. The van der Waals surface area contributed by atoms with Crippen LogP contribution in [0, 0.1) is 0 Å². The number of carboxylic acids is 1. The second kappa shape index (κ2) is 5.47. The van der Waals surface area contributed by atoms with E-state index in [2.05, 4.69) is 9.98 Å². The summed E-state index contributed by atoms with van der Waals surface area (Å²) >= 11 is 0. The van der Waals surface area contributed by atoms with E-state index in [-0.39, 0.29) is 0 Å². The van der Waals surface area contributed by atoms with Crippen LogP contribution in [-0.2, 0) is 6.18 Å². The van der Waals surface area contributed by atoms with Crippen LogP contribution in [0.5, 0.6) is 0 Å². The number of nitrogens with two attached hydrogens (primary N) is 3. The van der Waals surface area contributed by atoms with Gasteiger partial charge in [-0.15, -0.1) is 0 Å². The number of rotatable bonds is 2. The molecule has 0 aliphatic rings. The highest BCUT2D eigenvalue weighted by Crippen LogP contribution is 2.36. The molecule has 0 saturated carbocycles. The first kappa shape index (κ1) is 15.3. The summed E-state index contributed by atoms with van der Waals surface area (Å²) in [4.78, 5) is 17.7. The molecule has 0 heterocycles. The number of benzene rings is 1. The second-order valence-electron chi connectivity index (χ2n) is 3.51. The Bertz CT molecular complexity index is 591. The fraction of sp³-hybridized carbons (Fsp3) is 0.100. The molecule has 7 nitrogen and oxygen atoms in total. The molecule has 0 saturated heterocycles. The summed E-state index contributed by atoms with van der Waals surface area (Å²) in [7, 11) is 0. The van der Waals surface area contributed by atoms with Crippen LogP contribution in [0.1, 0.15) is 15.9 Å². The molecule has 1 aromatic rings. The fourth-order valence-corrected chi connectivity index (χ4v) is 1.37. The first-order valence-electron chi connectivity index (χ1n) is 5.00. The lowest BCUT2D eigenvalue weighted by Gasteiger charge is -2.11. The summed E-state index contributed by atoms with van der Waals surface area (Å²) in [5.41, 5.74) is 12.4. The Balaban J connectivity index is 3.50. The molecule has 0 amide bonds. The number of guanidine groups is 2. The number of carbonyl (C=O) groups is 1. The van der Waals surface area contributed by atoms with Gasteiger partial charge in [-0.05, 0) is 12.1 Å². The highest BCUT2D eigenvalue weighted by Gasteiger charge is 2.36. The van der Waals surface area contributed by atoms with Crippen molar-refractivity contribution in [2.45, 2.75) is 6.18 Å². The van der Waals surface area contributed by atoms with Crippen molar-refractivity contribution in [3.63, 3.8) is 0 Å². The Kier molecular flexibility index (Phi) is 4.17. The van der Waals surface area contributed by atoms with Crippen molar-refractivity contribution in [2.24, 2.45) is 27.2 Å². The average Bonchev–Trinajstić information content (AvgIpc) is 2.25. The zero-order chi connectivity index (χ0) is 15.5. The first-order chi connectivity index (χ1) is 9.12. The number of hydrogen-bond acceptors (Lipinski definition) is 2. The van der Waals surface area contributed by atoms with E-state index in [9.17, 15) is 18.0 Å². The van der Waals surface area contributed by atoms with Crippen molar-refractivity contribution in [1.82, 2.24) is 0 Å². The molecule has 20 heavy (non-hydrogen) atoms. The Labute approximate surface area is 110 Å². The van der Waals surface area contributed by atoms with E-state index in [1.807, 2.05) is 0 Å². The molecule has 0 bridgehead atoms. The lowest BCUT2D eigenvalue weighted by atomic mass is 10.1. The van der Waals surface area contributed by atoms with Crippen LogP contribution in [0.3, 0.4) is 0 Å². The van der Waals surface area contributed by atoms with Crippen LogP contribution in [0.25, 0.3) is 0 Å². The van der Waals surface area contributed by atoms with Crippen molar-refractivity contribution < 1.29 is 23.1 Å². The van der Waals surface area contributed by atoms with Gasteiger partial charge in [0.25, 0.3) is 0 Å². The van der Waals surface area contributed by atoms with Gasteiger partial charge in [0.1, 0.15) is 0 Å². The van der Waals surface area contributed by atoms with Gasteiger partial charge in [-0.25, -0.2) is 9.79 Å². The predicted molar refractivity (Wildman–Crippen MR) is 65.5 cm³/mol. The molecule has 0 atom stereocenters. The molecule has 1 aromatic carbocycles. The number of alkyl halides is 3. The van der Waals surface area contributed by atoms with Crippen LogP contribution < -0.4 is 17.2 Å². The zero-order valence-electron chi connectivity index (χ0n) is 9.85. The van der Waals surface area contributed by atoms with E-state index in [1.165, 1.54) is 0 Å². The van der Waals surface area contributed by atoms with E-state index in [4.69, 9.17) is 22.3 Å². The van der Waals surface area contributed by atoms with Gasteiger partial charge < -0.3 is 22.3 Å². The van der Waals surface area contributed by atoms with Gasteiger partial charge in [-0.1, -0.05) is 6.07 Å². The number of aromatic carboxylic acids is 1. The molecule has 0 unspecified atom stereocenters. The van der Waals surface area contributed by atoms with E-state index >= 15 is 0 Å². The first-order valence-corrected chi connectivity index (χ1v) is 5.00. The molecule has 0 spiro atoms. The molecule has 0 aromatic heterocycles. The number of hydrogen-bond donors (Lipinski definition) is 4. The van der Waals surface area contributed by atoms with Crippen LogP contribution in [0.15, 0.2) is 28.2 Å². The minimum atomic E-state index is -4.84. The summed E-state index contributed by atoms with van der Waals surface area (Å²) in [6, 6.07) is 2.67. The van der Waals surface area contributed by atoms with Gasteiger partial charge >= 0.3 is 12.1 Å². The van der Waals surface area contributed by atoms with Gasteiger partial charge in [-0.3, -0.25) is 0 Å². The van der Waals surface area contributed by atoms with Gasteiger partial charge in [0.2, 0.25) is 5.96 Å². The number of aliphatic imine (C=N–C) groups is 2. The minimum Gasteiger partial charge on any atom is -0.478 e.